The van der Waals surface area contributed by atoms with E-state index in [1.165, 1.54) is 6.92 Å². The van der Waals surface area contributed by atoms with E-state index in [0.29, 0.717) is 19.3 Å². The summed E-state index contributed by atoms with van der Waals surface area (Å²) in [5.41, 5.74) is -1.17. The Morgan fingerprint density at radius 2 is 2.06 bits per heavy atom. The van der Waals surface area contributed by atoms with Gasteiger partial charge < -0.3 is 19.3 Å². The summed E-state index contributed by atoms with van der Waals surface area (Å²) in [7, 11) is 0. The van der Waals surface area contributed by atoms with Gasteiger partial charge in [-0.2, -0.15) is 0 Å². The van der Waals surface area contributed by atoms with E-state index in [0.717, 1.165) is 24.8 Å². The molecule has 186 valence electrons. The topological polar surface area (TPSA) is 99.1 Å². The third-order valence-corrected chi connectivity index (χ3v) is 9.63. The quantitative estimate of drug-likeness (QED) is 0.613. The molecule has 1 saturated heterocycles. The number of carbonyl (C=O) groups is 3. The predicted molar refractivity (Wildman–Crippen MR) is 122 cm³/mol. The Morgan fingerprint density at radius 3 is 2.76 bits per heavy atom. The van der Waals surface area contributed by atoms with Crippen LogP contribution in [0.25, 0.3) is 0 Å². The molecule has 5 rings (SSSR count). The molecule has 0 spiro atoms. The van der Waals surface area contributed by atoms with Crippen molar-refractivity contribution in [1.29, 1.82) is 0 Å². The fraction of sp³-hybridized carbons (Fsp3) is 0.741. The molecule has 2 unspecified atom stereocenters. The van der Waals surface area contributed by atoms with Gasteiger partial charge >= 0.3 is 5.97 Å². The number of hydrogen-bond donors (Lipinski definition) is 1. The summed E-state index contributed by atoms with van der Waals surface area (Å²) < 4.78 is 18.0. The zero-order valence-electron chi connectivity index (χ0n) is 20.5. The van der Waals surface area contributed by atoms with Gasteiger partial charge in [0.05, 0.1) is 12.2 Å². The number of rotatable bonds is 5. The van der Waals surface area contributed by atoms with E-state index in [1.807, 2.05) is 13.0 Å². The van der Waals surface area contributed by atoms with Crippen molar-refractivity contribution in [3.8, 4) is 0 Å². The maximum absolute atomic E-state index is 13.7. The third kappa shape index (κ3) is 3.16. The van der Waals surface area contributed by atoms with Crippen molar-refractivity contribution < 1.29 is 33.7 Å². The van der Waals surface area contributed by atoms with Crippen LogP contribution in [0.15, 0.2) is 23.8 Å². The second-order valence-corrected chi connectivity index (χ2v) is 11.3. The molecule has 7 nitrogen and oxygen atoms in total. The summed E-state index contributed by atoms with van der Waals surface area (Å²) in [6.07, 6.45) is 8.04. The Morgan fingerprint density at radius 1 is 1.29 bits per heavy atom. The van der Waals surface area contributed by atoms with Gasteiger partial charge in [0.15, 0.2) is 24.3 Å². The first-order valence-electron chi connectivity index (χ1n) is 12.7. The Bertz CT molecular complexity index is 968. The van der Waals surface area contributed by atoms with Gasteiger partial charge in [0, 0.05) is 23.7 Å². The smallest absolute Gasteiger partial charge is 0.303 e. The molecule has 0 radical (unpaired) electrons. The van der Waals surface area contributed by atoms with Crippen LogP contribution in [-0.2, 0) is 28.6 Å². The maximum Gasteiger partial charge on any atom is 0.303 e. The van der Waals surface area contributed by atoms with Crippen molar-refractivity contribution in [2.75, 3.05) is 6.61 Å². The van der Waals surface area contributed by atoms with Gasteiger partial charge in [-0.3, -0.25) is 14.4 Å². The van der Waals surface area contributed by atoms with Crippen molar-refractivity contribution in [1.82, 2.24) is 0 Å². The number of fused-ring (bicyclic) bond motifs is 7. The van der Waals surface area contributed by atoms with Gasteiger partial charge in [0.25, 0.3) is 0 Å². The highest BCUT2D eigenvalue weighted by Crippen LogP contribution is 2.69. The summed E-state index contributed by atoms with van der Waals surface area (Å²) in [4.78, 5) is 37.3. The van der Waals surface area contributed by atoms with Crippen LogP contribution in [0.4, 0.5) is 0 Å². The lowest BCUT2D eigenvalue weighted by atomic mass is 9.46. The fourth-order valence-electron chi connectivity index (χ4n) is 8.28. The number of ketones is 2. The van der Waals surface area contributed by atoms with E-state index < -0.39 is 35.5 Å². The molecule has 5 aliphatic rings. The Hall–Kier alpha value is -1.83. The summed E-state index contributed by atoms with van der Waals surface area (Å²) in [6, 6.07) is 0. The molecule has 3 saturated carbocycles. The van der Waals surface area contributed by atoms with Gasteiger partial charge in [-0.15, -0.1) is 0 Å². The molecule has 0 aromatic carbocycles. The minimum Gasteiger partial charge on any atom is -0.458 e. The van der Waals surface area contributed by atoms with Crippen LogP contribution in [0, 0.1) is 28.6 Å². The van der Waals surface area contributed by atoms with E-state index in [-0.39, 0.29) is 41.3 Å². The highest BCUT2D eigenvalue weighted by Gasteiger charge is 2.75. The van der Waals surface area contributed by atoms with Crippen LogP contribution in [0.2, 0.25) is 0 Å². The Labute approximate surface area is 200 Å². The van der Waals surface area contributed by atoms with Crippen molar-refractivity contribution >= 4 is 17.5 Å². The summed E-state index contributed by atoms with van der Waals surface area (Å²) in [6.45, 7) is 7.18. The summed E-state index contributed by atoms with van der Waals surface area (Å²) in [5.74, 6) is -0.538. The molecule has 0 aromatic heterocycles. The molecule has 0 bridgehead atoms. The first kappa shape index (κ1) is 23.9. The number of hydrogen-bond acceptors (Lipinski definition) is 7. The molecule has 4 aliphatic carbocycles. The van der Waals surface area contributed by atoms with E-state index in [4.69, 9.17) is 14.2 Å². The number of allylic oxidation sites excluding steroid dienone is 4. The summed E-state index contributed by atoms with van der Waals surface area (Å²) >= 11 is 0. The van der Waals surface area contributed by atoms with Crippen molar-refractivity contribution in [3.05, 3.63) is 23.8 Å². The lowest BCUT2D eigenvalue weighted by Crippen LogP contribution is -2.63. The number of Topliss-reactive ketones (excluding diaryl/α,β-unsaturated/α-hetero) is 1. The second-order valence-electron chi connectivity index (χ2n) is 11.3. The molecule has 7 heteroatoms. The fourth-order valence-corrected chi connectivity index (χ4v) is 8.28. The van der Waals surface area contributed by atoms with E-state index in [1.54, 1.807) is 12.2 Å². The van der Waals surface area contributed by atoms with Crippen LogP contribution in [0.1, 0.15) is 66.2 Å². The second kappa shape index (κ2) is 8.10. The molecule has 0 aromatic rings. The molecule has 1 N–H and O–H groups in total. The largest absolute Gasteiger partial charge is 0.458 e. The Balaban J connectivity index is 1.53. The van der Waals surface area contributed by atoms with Crippen molar-refractivity contribution in [2.24, 2.45) is 28.6 Å². The Kier molecular flexibility index (Phi) is 5.69. The minimum atomic E-state index is -1.24. The van der Waals surface area contributed by atoms with Gasteiger partial charge in [0.2, 0.25) is 5.78 Å². The van der Waals surface area contributed by atoms with Gasteiger partial charge in [-0.05, 0) is 56.1 Å². The average Bonchev–Trinajstić information content (AvgIpc) is 3.25. The molecule has 34 heavy (non-hydrogen) atoms. The lowest BCUT2D eigenvalue weighted by Gasteiger charge is -2.59. The number of aliphatic hydroxyl groups excluding tert-OH is 1. The van der Waals surface area contributed by atoms with Crippen molar-refractivity contribution in [2.45, 2.75) is 90.3 Å². The molecular weight excluding hydrogens is 436 g/mol. The van der Waals surface area contributed by atoms with E-state index in [2.05, 4.69) is 13.8 Å². The van der Waals surface area contributed by atoms with Crippen LogP contribution in [-0.4, -0.2) is 53.3 Å². The first-order valence-corrected chi connectivity index (χ1v) is 12.7. The van der Waals surface area contributed by atoms with E-state index >= 15 is 0 Å². The highest BCUT2D eigenvalue weighted by atomic mass is 16.7. The summed E-state index contributed by atoms with van der Waals surface area (Å²) in [5, 5.41) is 11.7. The predicted octanol–water partition coefficient (Wildman–Crippen LogP) is 3.29. The average molecular weight is 473 g/mol. The first-order chi connectivity index (χ1) is 16.1. The number of esters is 1. The van der Waals surface area contributed by atoms with Crippen LogP contribution in [0.5, 0.6) is 0 Å². The molecule has 0 amide bonds. The van der Waals surface area contributed by atoms with Crippen LogP contribution >= 0.6 is 0 Å². The lowest BCUT2D eigenvalue weighted by molar-refractivity contribution is -0.201. The molecule has 1 aliphatic heterocycles. The standard InChI is InChI=1S/C27H36O7/c1-5-6-23-33-22-12-19-18-8-7-16-11-17(29)9-10-25(16,3)24(18)20(30)13-26(19,4)27(22,34-23)21(31)14-32-15(2)28/h9-11,18-20,22-24,30H,5-8,12-14H2,1-4H3/t18-,19+,20?,22+,23?,24-,25-,26-,27+/m0/s1. The maximum atomic E-state index is 13.7. The highest BCUT2D eigenvalue weighted by molar-refractivity contribution is 6.01. The monoisotopic (exact) mass is 472 g/mol. The van der Waals surface area contributed by atoms with E-state index in [9.17, 15) is 19.5 Å². The van der Waals surface area contributed by atoms with Crippen LogP contribution < -0.4 is 0 Å². The molecule has 4 fully saturated rings. The number of aliphatic hydroxyl groups is 1. The normalized spacial score (nSPS) is 46.7. The molecule has 1 heterocycles. The minimum absolute atomic E-state index is 0.00949. The zero-order valence-corrected chi connectivity index (χ0v) is 20.5. The van der Waals surface area contributed by atoms with Gasteiger partial charge in [0.1, 0.15) is 0 Å². The number of ether oxygens (including phenoxy) is 3. The zero-order chi connectivity index (χ0) is 24.5. The third-order valence-electron chi connectivity index (χ3n) is 9.63. The van der Waals surface area contributed by atoms with Crippen molar-refractivity contribution in [3.63, 3.8) is 0 Å². The molecule has 9 atom stereocenters. The SMILES string of the molecule is CCCC1O[C@@H]2C[C@@H]3[C@@H]4CCC5=CC(=O)C=C[C@]5(C)[C@@H]4C(O)C[C@]3(C)[C@]2(C(=O)COC(C)=O)O1. The van der Waals surface area contributed by atoms with Gasteiger partial charge in [-0.25, -0.2) is 0 Å². The van der Waals surface area contributed by atoms with Crippen LogP contribution in [0.3, 0.4) is 0 Å². The van der Waals surface area contributed by atoms with Gasteiger partial charge in [-0.1, -0.05) is 38.8 Å². The number of carbonyl (C=O) groups excluding carboxylic acids is 3. The molecular formula is C27H36O7.